The monoisotopic (exact) mass is 344 g/mol. The first-order chi connectivity index (χ1) is 10.5. The quantitative estimate of drug-likeness (QED) is 0.641. The van der Waals surface area contributed by atoms with Crippen molar-refractivity contribution in [1.82, 2.24) is 5.32 Å². The molecule has 0 saturated heterocycles. The van der Waals surface area contributed by atoms with Crippen LogP contribution in [0.25, 0.3) is 0 Å². The summed E-state index contributed by atoms with van der Waals surface area (Å²) in [5, 5.41) is 5.92. The summed E-state index contributed by atoms with van der Waals surface area (Å²) in [6.45, 7) is 8.22. The third-order valence-electron chi connectivity index (χ3n) is 3.10. The number of benzene rings is 1. The number of amides is 1. The van der Waals surface area contributed by atoms with E-state index in [0.29, 0.717) is 26.4 Å². The first kappa shape index (κ1) is 21.9. The fraction of sp³-hybridized carbons (Fsp3) is 0.588. The second-order valence-corrected chi connectivity index (χ2v) is 5.62. The van der Waals surface area contributed by atoms with Gasteiger partial charge in [-0.1, -0.05) is 19.1 Å². The molecule has 0 bridgehead atoms. The highest BCUT2D eigenvalue weighted by molar-refractivity contribution is 5.92. The highest BCUT2D eigenvalue weighted by Gasteiger charge is 2.11. The predicted molar refractivity (Wildman–Crippen MR) is 96.2 cm³/mol. The van der Waals surface area contributed by atoms with Crippen molar-refractivity contribution in [3.05, 3.63) is 29.8 Å². The summed E-state index contributed by atoms with van der Waals surface area (Å²) in [4.78, 5) is 12.0. The lowest BCUT2D eigenvalue weighted by molar-refractivity contribution is -0.119. The Hall–Kier alpha value is -1.14. The zero-order valence-electron chi connectivity index (χ0n) is 14.4. The largest absolute Gasteiger partial charge is 0.376 e. The van der Waals surface area contributed by atoms with Crippen LogP contribution in [0.15, 0.2) is 24.3 Å². The lowest BCUT2D eigenvalue weighted by Gasteiger charge is -2.12. The molecule has 2 N–H and O–H groups in total. The topological polar surface area (TPSA) is 59.6 Å². The van der Waals surface area contributed by atoms with E-state index in [1.165, 1.54) is 0 Å². The van der Waals surface area contributed by atoms with Crippen molar-refractivity contribution in [2.45, 2.75) is 33.5 Å². The van der Waals surface area contributed by atoms with Crippen LogP contribution in [-0.4, -0.2) is 38.8 Å². The van der Waals surface area contributed by atoms with Gasteiger partial charge >= 0.3 is 0 Å². The van der Waals surface area contributed by atoms with Crippen LogP contribution in [0.1, 0.15) is 26.3 Å². The Morgan fingerprint density at radius 1 is 1.22 bits per heavy atom. The van der Waals surface area contributed by atoms with Gasteiger partial charge in [0.2, 0.25) is 5.91 Å². The van der Waals surface area contributed by atoms with E-state index in [1.807, 2.05) is 52.1 Å². The molecule has 1 aromatic carbocycles. The maximum absolute atomic E-state index is 12.0. The van der Waals surface area contributed by atoms with Crippen LogP contribution in [0.2, 0.25) is 0 Å². The molecule has 23 heavy (non-hydrogen) atoms. The highest BCUT2D eigenvalue weighted by atomic mass is 35.5. The molecule has 1 atom stereocenters. The summed E-state index contributed by atoms with van der Waals surface area (Å²) < 4.78 is 11.0. The molecular weight excluding hydrogens is 316 g/mol. The van der Waals surface area contributed by atoms with Crippen LogP contribution in [0.4, 0.5) is 5.69 Å². The first-order valence-corrected chi connectivity index (χ1v) is 7.76. The first-order valence-electron chi connectivity index (χ1n) is 7.76. The molecule has 1 unspecified atom stereocenters. The summed E-state index contributed by atoms with van der Waals surface area (Å²) in [6.07, 6.45) is 0.224. The Balaban J connectivity index is 0.00000484. The Morgan fingerprint density at radius 2 is 1.96 bits per heavy atom. The Morgan fingerprint density at radius 3 is 2.61 bits per heavy atom. The van der Waals surface area contributed by atoms with Gasteiger partial charge in [-0.25, -0.2) is 0 Å². The fourth-order valence-electron chi connectivity index (χ4n) is 1.94. The SMILES string of the molecule is CNCC(C)C(=O)Nc1cccc(COCCOC(C)C)c1.Cl. The molecule has 0 aliphatic heterocycles. The number of hydrogen-bond donors (Lipinski definition) is 2. The van der Waals surface area contributed by atoms with Gasteiger partial charge in [0, 0.05) is 18.2 Å². The molecule has 0 radical (unpaired) electrons. The van der Waals surface area contributed by atoms with Crippen molar-refractivity contribution >= 4 is 24.0 Å². The van der Waals surface area contributed by atoms with E-state index < -0.39 is 0 Å². The molecule has 0 spiro atoms. The second kappa shape index (κ2) is 12.3. The second-order valence-electron chi connectivity index (χ2n) is 5.62. The Labute approximate surface area is 145 Å². The van der Waals surface area contributed by atoms with Gasteiger partial charge in [0.15, 0.2) is 0 Å². The molecule has 132 valence electrons. The molecule has 1 aromatic rings. The van der Waals surface area contributed by atoms with Crippen LogP contribution >= 0.6 is 12.4 Å². The molecule has 0 saturated carbocycles. The zero-order chi connectivity index (χ0) is 16.4. The lowest BCUT2D eigenvalue weighted by Crippen LogP contribution is -2.28. The van der Waals surface area contributed by atoms with E-state index in [4.69, 9.17) is 9.47 Å². The number of halogens is 1. The van der Waals surface area contributed by atoms with Gasteiger partial charge in [-0.05, 0) is 38.6 Å². The smallest absolute Gasteiger partial charge is 0.228 e. The van der Waals surface area contributed by atoms with E-state index in [1.54, 1.807) is 0 Å². The zero-order valence-corrected chi connectivity index (χ0v) is 15.2. The minimum Gasteiger partial charge on any atom is -0.376 e. The van der Waals surface area contributed by atoms with Crippen molar-refractivity contribution in [3.63, 3.8) is 0 Å². The summed E-state index contributed by atoms with van der Waals surface area (Å²) >= 11 is 0. The Bertz CT molecular complexity index is 455. The van der Waals surface area contributed by atoms with Gasteiger partial charge in [0.25, 0.3) is 0 Å². The summed E-state index contributed by atoms with van der Waals surface area (Å²) in [6, 6.07) is 7.72. The lowest BCUT2D eigenvalue weighted by atomic mass is 10.1. The third kappa shape index (κ3) is 9.56. The number of carbonyl (C=O) groups excluding carboxylic acids is 1. The van der Waals surface area contributed by atoms with Crippen molar-refractivity contribution in [2.24, 2.45) is 5.92 Å². The third-order valence-corrected chi connectivity index (χ3v) is 3.10. The average molecular weight is 345 g/mol. The molecule has 1 amide bonds. The van der Waals surface area contributed by atoms with Crippen molar-refractivity contribution < 1.29 is 14.3 Å². The standard InChI is InChI=1S/C17H28N2O3.ClH/c1-13(2)22-9-8-21-12-15-6-5-7-16(10-15)19-17(20)14(3)11-18-4;/h5-7,10,13-14,18H,8-9,11-12H2,1-4H3,(H,19,20);1H. The minimum absolute atomic E-state index is 0. The molecule has 1 rings (SSSR count). The van der Waals surface area contributed by atoms with Crippen LogP contribution < -0.4 is 10.6 Å². The molecule has 0 aromatic heterocycles. The predicted octanol–water partition coefficient (Wildman–Crippen LogP) is 2.84. The van der Waals surface area contributed by atoms with Gasteiger partial charge in [-0.2, -0.15) is 0 Å². The van der Waals surface area contributed by atoms with Crippen LogP contribution in [0, 0.1) is 5.92 Å². The van der Waals surface area contributed by atoms with Gasteiger partial charge in [-0.15, -0.1) is 12.4 Å². The van der Waals surface area contributed by atoms with Gasteiger partial charge in [0.1, 0.15) is 0 Å². The van der Waals surface area contributed by atoms with E-state index >= 15 is 0 Å². The Kier molecular flexibility index (Phi) is 11.7. The summed E-state index contributed by atoms with van der Waals surface area (Å²) in [7, 11) is 1.84. The van der Waals surface area contributed by atoms with Crippen LogP contribution in [0.3, 0.4) is 0 Å². The van der Waals surface area contributed by atoms with Gasteiger partial charge < -0.3 is 20.1 Å². The molecular formula is C17H29ClN2O3. The van der Waals surface area contributed by atoms with E-state index in [2.05, 4.69) is 10.6 Å². The number of carbonyl (C=O) groups is 1. The summed E-state index contributed by atoms with van der Waals surface area (Å²) in [5.41, 5.74) is 1.83. The maximum atomic E-state index is 12.0. The molecule has 5 nitrogen and oxygen atoms in total. The highest BCUT2D eigenvalue weighted by Crippen LogP contribution is 2.13. The van der Waals surface area contributed by atoms with Crippen molar-refractivity contribution in [2.75, 3.05) is 32.1 Å². The average Bonchev–Trinajstić information content (AvgIpc) is 2.47. The molecule has 0 aliphatic rings. The molecule has 0 aliphatic carbocycles. The molecule has 6 heteroatoms. The number of ether oxygens (including phenoxy) is 2. The van der Waals surface area contributed by atoms with E-state index in [0.717, 1.165) is 11.3 Å². The van der Waals surface area contributed by atoms with Gasteiger partial charge in [0.05, 0.1) is 25.9 Å². The normalized spacial score (nSPS) is 11.9. The van der Waals surface area contributed by atoms with Gasteiger partial charge in [-0.3, -0.25) is 4.79 Å². The fourth-order valence-corrected chi connectivity index (χ4v) is 1.94. The number of hydrogen-bond acceptors (Lipinski definition) is 4. The maximum Gasteiger partial charge on any atom is 0.228 e. The molecule has 0 heterocycles. The molecule has 0 fully saturated rings. The van der Waals surface area contributed by atoms with Crippen molar-refractivity contribution in [1.29, 1.82) is 0 Å². The van der Waals surface area contributed by atoms with E-state index in [-0.39, 0.29) is 30.3 Å². The number of anilines is 1. The van der Waals surface area contributed by atoms with Crippen LogP contribution in [0.5, 0.6) is 0 Å². The van der Waals surface area contributed by atoms with Crippen molar-refractivity contribution in [3.8, 4) is 0 Å². The van der Waals surface area contributed by atoms with E-state index in [9.17, 15) is 4.79 Å². The minimum atomic E-state index is -0.0712. The summed E-state index contributed by atoms with van der Waals surface area (Å²) in [5.74, 6) is -0.0594. The van der Waals surface area contributed by atoms with Crippen LogP contribution in [-0.2, 0) is 20.9 Å². The number of rotatable bonds is 10. The number of nitrogens with one attached hydrogen (secondary N) is 2.